The number of piperidine rings is 1. The lowest BCUT2D eigenvalue weighted by atomic mass is 9.89. The van der Waals surface area contributed by atoms with Crippen LogP contribution in [-0.4, -0.2) is 19.1 Å². The molecular weight excluding hydrogens is 329 g/mol. The second-order valence-electron chi connectivity index (χ2n) is 6.31. The summed E-state index contributed by atoms with van der Waals surface area (Å²) in [5.74, 6) is 0.540. The summed E-state index contributed by atoms with van der Waals surface area (Å²) < 4.78 is 0. The first-order valence-electron chi connectivity index (χ1n) is 8.08. The van der Waals surface area contributed by atoms with Crippen molar-refractivity contribution in [3.05, 3.63) is 45.1 Å². The van der Waals surface area contributed by atoms with E-state index >= 15 is 0 Å². The monoisotopic (exact) mass is 351 g/mol. The van der Waals surface area contributed by atoms with Gasteiger partial charge in [-0.3, -0.25) is 0 Å². The third kappa shape index (κ3) is 3.23. The van der Waals surface area contributed by atoms with E-state index in [4.69, 9.17) is 23.2 Å². The molecule has 2 atom stereocenters. The van der Waals surface area contributed by atoms with Crippen LogP contribution < -0.4 is 16.0 Å². The average molecular weight is 352 g/mol. The number of hydrogen-bond donors (Lipinski definition) is 3. The number of benzene rings is 1. The molecule has 1 saturated heterocycles. The Morgan fingerprint density at radius 1 is 1.35 bits per heavy atom. The van der Waals surface area contributed by atoms with Crippen LogP contribution >= 0.6 is 23.2 Å². The maximum absolute atomic E-state index is 6.29. The van der Waals surface area contributed by atoms with Crippen molar-refractivity contribution < 1.29 is 0 Å². The normalized spacial score (nSPS) is 24.5. The maximum atomic E-state index is 6.29. The zero-order valence-corrected chi connectivity index (χ0v) is 15.3. The minimum absolute atomic E-state index is 0.540. The SMILES string of the molecule is C/C=C(Cl)\C(Cl)=C(/C)Nc1cc(C)c2c(c1)C1CNCCC1N2. The molecule has 0 aliphatic carbocycles. The number of rotatable bonds is 3. The Morgan fingerprint density at radius 2 is 2.13 bits per heavy atom. The average Bonchev–Trinajstić information content (AvgIpc) is 2.93. The fraction of sp³-hybridized carbons (Fsp3) is 0.444. The van der Waals surface area contributed by atoms with Crippen LogP contribution in [0.4, 0.5) is 11.4 Å². The van der Waals surface area contributed by atoms with E-state index in [1.54, 1.807) is 6.08 Å². The lowest BCUT2D eigenvalue weighted by Crippen LogP contribution is -2.38. The Kier molecular flexibility index (Phi) is 4.90. The molecule has 1 aromatic rings. The van der Waals surface area contributed by atoms with Gasteiger partial charge in [0.15, 0.2) is 0 Å². The fourth-order valence-corrected chi connectivity index (χ4v) is 3.79. The van der Waals surface area contributed by atoms with Crippen molar-refractivity contribution in [3.8, 4) is 0 Å². The van der Waals surface area contributed by atoms with Gasteiger partial charge in [-0.1, -0.05) is 29.3 Å². The van der Waals surface area contributed by atoms with Crippen LogP contribution in [0.3, 0.4) is 0 Å². The standard InChI is InChI=1S/C18H23Cl2N3/c1-4-15(19)17(20)11(3)22-12-7-10(2)18-13(8-12)14-9-21-6-5-16(14)23-18/h4,7-8,14,16,21-23H,5-6,9H2,1-3H3/b15-4+,17-11-. The van der Waals surface area contributed by atoms with E-state index in [0.29, 0.717) is 22.0 Å². The number of allylic oxidation sites excluding steroid dienone is 4. The molecule has 0 aromatic heterocycles. The quantitative estimate of drug-likeness (QED) is 0.678. The molecule has 2 heterocycles. The smallest absolute Gasteiger partial charge is 0.0778 e. The van der Waals surface area contributed by atoms with Gasteiger partial charge in [-0.05, 0) is 57.0 Å². The fourth-order valence-electron chi connectivity index (χ4n) is 3.50. The maximum Gasteiger partial charge on any atom is 0.0778 e. The molecule has 124 valence electrons. The summed E-state index contributed by atoms with van der Waals surface area (Å²) in [7, 11) is 0. The second-order valence-corrected chi connectivity index (χ2v) is 7.09. The molecule has 1 aromatic carbocycles. The van der Waals surface area contributed by atoms with Gasteiger partial charge in [-0.25, -0.2) is 0 Å². The molecule has 23 heavy (non-hydrogen) atoms. The van der Waals surface area contributed by atoms with Crippen molar-refractivity contribution in [1.82, 2.24) is 5.32 Å². The van der Waals surface area contributed by atoms with Crippen molar-refractivity contribution in [2.75, 3.05) is 23.7 Å². The van der Waals surface area contributed by atoms with E-state index in [-0.39, 0.29) is 0 Å². The van der Waals surface area contributed by atoms with E-state index in [0.717, 1.165) is 24.5 Å². The number of halogens is 2. The van der Waals surface area contributed by atoms with Crippen LogP contribution in [0.2, 0.25) is 0 Å². The molecule has 2 aliphatic rings. The zero-order chi connectivity index (χ0) is 16.6. The predicted molar refractivity (Wildman–Crippen MR) is 101 cm³/mol. The largest absolute Gasteiger partial charge is 0.381 e. The molecule has 3 N–H and O–H groups in total. The zero-order valence-electron chi connectivity index (χ0n) is 13.8. The molecule has 0 radical (unpaired) electrons. The predicted octanol–water partition coefficient (Wildman–Crippen LogP) is 4.89. The first-order valence-corrected chi connectivity index (χ1v) is 8.84. The lowest BCUT2D eigenvalue weighted by molar-refractivity contribution is 0.440. The highest BCUT2D eigenvalue weighted by Crippen LogP contribution is 2.42. The molecule has 0 amide bonds. The van der Waals surface area contributed by atoms with Crippen molar-refractivity contribution in [2.24, 2.45) is 0 Å². The van der Waals surface area contributed by atoms with Gasteiger partial charge in [0.2, 0.25) is 0 Å². The first-order chi connectivity index (χ1) is 11.0. The van der Waals surface area contributed by atoms with Crippen LogP contribution in [-0.2, 0) is 0 Å². The molecular formula is C18H23Cl2N3. The Labute approximate surface area is 148 Å². The summed E-state index contributed by atoms with van der Waals surface area (Å²) in [6.07, 6.45) is 2.97. The van der Waals surface area contributed by atoms with Gasteiger partial charge < -0.3 is 16.0 Å². The third-order valence-electron chi connectivity index (χ3n) is 4.70. The summed E-state index contributed by atoms with van der Waals surface area (Å²) in [5, 5.41) is 11.7. The van der Waals surface area contributed by atoms with Crippen LogP contribution in [0.25, 0.3) is 0 Å². The van der Waals surface area contributed by atoms with E-state index in [1.807, 2.05) is 13.8 Å². The number of anilines is 2. The van der Waals surface area contributed by atoms with Gasteiger partial charge in [0.1, 0.15) is 0 Å². The van der Waals surface area contributed by atoms with Crippen molar-refractivity contribution in [2.45, 2.75) is 39.2 Å². The first kappa shape index (κ1) is 16.7. The summed E-state index contributed by atoms with van der Waals surface area (Å²) in [6.45, 7) is 8.10. The Balaban J connectivity index is 1.90. The molecule has 2 unspecified atom stereocenters. The number of hydrogen-bond acceptors (Lipinski definition) is 3. The Bertz CT molecular complexity index is 679. The summed E-state index contributed by atoms with van der Waals surface area (Å²) in [5.41, 5.74) is 5.88. The van der Waals surface area contributed by atoms with E-state index in [2.05, 4.69) is 35.0 Å². The van der Waals surface area contributed by atoms with E-state index in [1.165, 1.54) is 23.2 Å². The van der Waals surface area contributed by atoms with Gasteiger partial charge in [-0.15, -0.1) is 0 Å². The van der Waals surface area contributed by atoms with Crippen molar-refractivity contribution >= 4 is 34.6 Å². The summed E-state index contributed by atoms with van der Waals surface area (Å²) in [4.78, 5) is 0. The van der Waals surface area contributed by atoms with E-state index in [9.17, 15) is 0 Å². The van der Waals surface area contributed by atoms with Gasteiger partial charge >= 0.3 is 0 Å². The highest BCUT2D eigenvalue weighted by atomic mass is 35.5. The van der Waals surface area contributed by atoms with Crippen molar-refractivity contribution in [3.63, 3.8) is 0 Å². The lowest BCUT2D eigenvalue weighted by Gasteiger charge is -2.26. The van der Waals surface area contributed by atoms with Crippen LogP contribution in [0.15, 0.2) is 34.0 Å². The molecule has 3 rings (SSSR count). The minimum atomic E-state index is 0.540. The number of aryl methyl sites for hydroxylation is 1. The van der Waals surface area contributed by atoms with Crippen LogP contribution in [0, 0.1) is 6.92 Å². The molecule has 5 heteroatoms. The Hall–Kier alpha value is -1.16. The third-order valence-corrected chi connectivity index (χ3v) is 5.69. The van der Waals surface area contributed by atoms with Crippen LogP contribution in [0.1, 0.15) is 37.3 Å². The topological polar surface area (TPSA) is 36.1 Å². The molecule has 3 nitrogen and oxygen atoms in total. The van der Waals surface area contributed by atoms with E-state index < -0.39 is 0 Å². The molecule has 2 aliphatic heterocycles. The van der Waals surface area contributed by atoms with Gasteiger partial charge in [0.05, 0.1) is 10.1 Å². The van der Waals surface area contributed by atoms with Crippen molar-refractivity contribution in [1.29, 1.82) is 0 Å². The molecule has 1 fully saturated rings. The summed E-state index contributed by atoms with van der Waals surface area (Å²) >= 11 is 12.4. The van der Waals surface area contributed by atoms with Gasteiger partial charge in [0.25, 0.3) is 0 Å². The molecule has 0 saturated carbocycles. The molecule has 0 spiro atoms. The highest BCUT2D eigenvalue weighted by Gasteiger charge is 2.34. The summed E-state index contributed by atoms with van der Waals surface area (Å²) in [6, 6.07) is 4.95. The van der Waals surface area contributed by atoms with Crippen LogP contribution in [0.5, 0.6) is 0 Å². The second kappa shape index (κ2) is 6.76. The minimum Gasteiger partial charge on any atom is -0.381 e. The van der Waals surface area contributed by atoms with Gasteiger partial charge in [0, 0.05) is 35.6 Å². The number of fused-ring (bicyclic) bond motifs is 3. The number of nitrogens with one attached hydrogen (secondary N) is 3. The van der Waals surface area contributed by atoms with Gasteiger partial charge in [-0.2, -0.15) is 0 Å². The highest BCUT2D eigenvalue weighted by molar-refractivity contribution is 6.44. The Morgan fingerprint density at radius 3 is 2.87 bits per heavy atom. The molecule has 0 bridgehead atoms.